The van der Waals surface area contributed by atoms with Gasteiger partial charge in [-0.25, -0.2) is 4.39 Å². The van der Waals surface area contributed by atoms with E-state index in [1.54, 1.807) is 50.5 Å². The zero-order valence-corrected chi connectivity index (χ0v) is 22.8. The third-order valence-electron chi connectivity index (χ3n) is 8.65. The average molecular weight is 529 g/mol. The first-order chi connectivity index (χ1) is 17.4. The maximum Gasteiger partial charge on any atom is 0.230 e. The molecule has 0 spiro atoms. The lowest BCUT2D eigenvalue weighted by Crippen LogP contribution is -2.54. The Kier molecular flexibility index (Phi) is 7.96. The number of halogens is 2. The molecule has 2 aliphatic rings. The molecule has 2 bridgehead atoms. The van der Waals surface area contributed by atoms with Crippen molar-refractivity contribution in [2.24, 2.45) is 34.8 Å². The van der Waals surface area contributed by atoms with Gasteiger partial charge in [0.05, 0.1) is 5.41 Å². The van der Waals surface area contributed by atoms with Crippen LogP contribution in [0.2, 0.25) is 5.02 Å². The van der Waals surface area contributed by atoms with Crippen molar-refractivity contribution < 1.29 is 14.0 Å². The lowest BCUT2D eigenvalue weighted by Gasteiger charge is -2.51. The van der Waals surface area contributed by atoms with E-state index in [-0.39, 0.29) is 28.8 Å². The number of hydrogen-bond acceptors (Lipinski definition) is 4. The van der Waals surface area contributed by atoms with Gasteiger partial charge in [-0.1, -0.05) is 31.5 Å². The zero-order chi connectivity index (χ0) is 27.0. The van der Waals surface area contributed by atoms with E-state index in [1.807, 2.05) is 0 Å². The van der Waals surface area contributed by atoms with Crippen LogP contribution in [-0.2, 0) is 15.0 Å². The molecule has 4 rings (SSSR count). The Labute approximate surface area is 223 Å². The molecule has 6 unspecified atom stereocenters. The second-order valence-electron chi connectivity index (χ2n) is 11.9. The minimum Gasteiger partial charge on any atom is -0.354 e. The standard InChI is InChI=1S/C29H38ClFN4O2/c1-17-11-18-12-19(15-29(4,14-18)27(37)35-21-7-9-33-10-8-21)25(17)24(32)16-34-26(36)28(2,3)22-6-5-20(30)13-23(22)31/h5-10,13,17-19,24-25H,11-12,14-16,32H2,1-4H3,(H,34,36)(H,33,35,37). The summed E-state index contributed by atoms with van der Waals surface area (Å²) < 4.78 is 14.5. The van der Waals surface area contributed by atoms with E-state index in [0.717, 1.165) is 31.4 Å². The molecule has 2 saturated carbocycles. The van der Waals surface area contributed by atoms with E-state index in [9.17, 15) is 14.0 Å². The van der Waals surface area contributed by atoms with Gasteiger partial charge in [-0.2, -0.15) is 0 Å². The number of nitrogens with one attached hydrogen (secondary N) is 2. The summed E-state index contributed by atoms with van der Waals surface area (Å²) in [5.41, 5.74) is 6.21. The summed E-state index contributed by atoms with van der Waals surface area (Å²) in [6.07, 6.45) is 7.03. The van der Waals surface area contributed by atoms with E-state index >= 15 is 0 Å². The minimum absolute atomic E-state index is 0.0373. The molecule has 0 radical (unpaired) electrons. The van der Waals surface area contributed by atoms with Gasteiger partial charge in [0.25, 0.3) is 0 Å². The highest BCUT2D eigenvalue weighted by Crippen LogP contribution is 2.53. The van der Waals surface area contributed by atoms with Crippen molar-refractivity contribution in [2.45, 2.75) is 64.8 Å². The smallest absolute Gasteiger partial charge is 0.230 e. The maximum atomic E-state index is 14.5. The molecule has 6 nitrogen and oxygen atoms in total. The minimum atomic E-state index is -1.08. The van der Waals surface area contributed by atoms with Crippen molar-refractivity contribution in [3.63, 3.8) is 0 Å². The molecule has 4 N–H and O–H groups in total. The van der Waals surface area contributed by atoms with Crippen LogP contribution in [0.4, 0.5) is 10.1 Å². The van der Waals surface area contributed by atoms with Crippen LogP contribution >= 0.6 is 11.6 Å². The molecule has 2 amide bonds. The second kappa shape index (κ2) is 10.7. The summed E-state index contributed by atoms with van der Waals surface area (Å²) in [5, 5.41) is 6.34. The molecular weight excluding hydrogens is 491 g/mol. The van der Waals surface area contributed by atoms with E-state index in [4.69, 9.17) is 17.3 Å². The molecule has 1 heterocycles. The summed E-state index contributed by atoms with van der Waals surface area (Å²) in [4.78, 5) is 30.5. The summed E-state index contributed by atoms with van der Waals surface area (Å²) in [5.74, 6) is 0.600. The first-order valence-electron chi connectivity index (χ1n) is 13.1. The molecular formula is C29H38ClFN4O2. The molecule has 0 aliphatic heterocycles. The Balaban J connectivity index is 1.42. The number of pyridine rings is 1. The number of benzene rings is 1. The van der Waals surface area contributed by atoms with Crippen LogP contribution in [0.25, 0.3) is 0 Å². The van der Waals surface area contributed by atoms with Gasteiger partial charge in [0, 0.05) is 46.7 Å². The Hall–Kier alpha value is -2.51. The molecule has 1 aromatic carbocycles. The van der Waals surface area contributed by atoms with Crippen molar-refractivity contribution in [1.82, 2.24) is 10.3 Å². The highest BCUT2D eigenvalue weighted by atomic mass is 35.5. The molecule has 0 saturated heterocycles. The molecule has 1 aromatic heterocycles. The van der Waals surface area contributed by atoms with Gasteiger partial charge < -0.3 is 16.4 Å². The molecule has 2 aliphatic carbocycles. The summed E-state index contributed by atoms with van der Waals surface area (Å²) in [6, 6.07) is 7.70. The molecule has 8 heteroatoms. The molecule has 6 atom stereocenters. The van der Waals surface area contributed by atoms with Gasteiger partial charge in [-0.05, 0) is 87.5 Å². The number of aromatic nitrogens is 1. The van der Waals surface area contributed by atoms with Gasteiger partial charge in [-0.15, -0.1) is 0 Å². The Bertz CT molecular complexity index is 1140. The SMILES string of the molecule is CC1CC2CC(CC(C)(C(=O)Nc3ccncc3)C2)C1C(N)CNC(=O)C(C)(C)c1ccc(Cl)cc1F. The second-order valence-corrected chi connectivity index (χ2v) is 12.4. The van der Waals surface area contributed by atoms with Crippen LogP contribution in [0.5, 0.6) is 0 Å². The third kappa shape index (κ3) is 5.83. The van der Waals surface area contributed by atoms with Crippen LogP contribution in [-0.4, -0.2) is 29.4 Å². The largest absolute Gasteiger partial charge is 0.354 e. The van der Waals surface area contributed by atoms with Crippen molar-refractivity contribution in [3.8, 4) is 0 Å². The average Bonchev–Trinajstić information content (AvgIpc) is 2.82. The lowest BCUT2D eigenvalue weighted by molar-refractivity contribution is -0.131. The van der Waals surface area contributed by atoms with Gasteiger partial charge in [0.15, 0.2) is 0 Å². The summed E-state index contributed by atoms with van der Waals surface area (Å²) >= 11 is 5.89. The monoisotopic (exact) mass is 528 g/mol. The Morgan fingerprint density at radius 3 is 2.59 bits per heavy atom. The quantitative estimate of drug-likeness (QED) is 0.453. The topological polar surface area (TPSA) is 97.1 Å². The van der Waals surface area contributed by atoms with Crippen LogP contribution in [0.15, 0.2) is 42.7 Å². The first-order valence-corrected chi connectivity index (χ1v) is 13.5. The number of anilines is 1. The number of carbonyl (C=O) groups excluding carboxylic acids is 2. The van der Waals surface area contributed by atoms with Crippen LogP contribution in [0, 0.1) is 34.9 Å². The van der Waals surface area contributed by atoms with E-state index in [2.05, 4.69) is 29.5 Å². The van der Waals surface area contributed by atoms with E-state index < -0.39 is 16.6 Å². The molecule has 2 aromatic rings. The van der Waals surface area contributed by atoms with Crippen molar-refractivity contribution in [1.29, 1.82) is 0 Å². The van der Waals surface area contributed by atoms with E-state index in [0.29, 0.717) is 29.9 Å². The fourth-order valence-electron chi connectivity index (χ4n) is 6.87. The zero-order valence-electron chi connectivity index (χ0n) is 22.1. The van der Waals surface area contributed by atoms with Crippen molar-refractivity contribution in [2.75, 3.05) is 11.9 Å². The fraction of sp³-hybridized carbons (Fsp3) is 0.552. The number of rotatable bonds is 7. The van der Waals surface area contributed by atoms with Gasteiger partial charge >= 0.3 is 0 Å². The van der Waals surface area contributed by atoms with Gasteiger partial charge in [-0.3, -0.25) is 14.6 Å². The maximum absolute atomic E-state index is 14.5. The van der Waals surface area contributed by atoms with Crippen molar-refractivity contribution >= 4 is 29.1 Å². The Morgan fingerprint density at radius 1 is 1.22 bits per heavy atom. The third-order valence-corrected chi connectivity index (χ3v) is 8.88. The fourth-order valence-corrected chi connectivity index (χ4v) is 7.03. The molecule has 2 fully saturated rings. The Morgan fingerprint density at radius 2 is 1.92 bits per heavy atom. The molecule has 37 heavy (non-hydrogen) atoms. The highest BCUT2D eigenvalue weighted by molar-refractivity contribution is 6.30. The van der Waals surface area contributed by atoms with Crippen LogP contribution in [0.1, 0.15) is 58.9 Å². The van der Waals surface area contributed by atoms with Gasteiger partial charge in [0.1, 0.15) is 5.82 Å². The first kappa shape index (κ1) is 27.5. The van der Waals surface area contributed by atoms with Crippen molar-refractivity contribution in [3.05, 3.63) is 59.1 Å². The lowest BCUT2D eigenvalue weighted by atomic mass is 9.54. The normalized spacial score (nSPS) is 28.3. The number of hydrogen-bond donors (Lipinski definition) is 3. The highest BCUT2D eigenvalue weighted by Gasteiger charge is 2.50. The number of carbonyl (C=O) groups is 2. The number of fused-ring (bicyclic) bond motifs is 2. The molecule has 200 valence electrons. The number of nitrogens with zero attached hydrogens (tertiary/aromatic N) is 1. The van der Waals surface area contributed by atoms with Crippen LogP contribution < -0.4 is 16.4 Å². The predicted octanol–water partition coefficient (Wildman–Crippen LogP) is 5.31. The number of amides is 2. The summed E-state index contributed by atoms with van der Waals surface area (Å²) in [6.45, 7) is 7.99. The number of nitrogens with two attached hydrogens (primary N) is 1. The summed E-state index contributed by atoms with van der Waals surface area (Å²) in [7, 11) is 0. The van der Waals surface area contributed by atoms with Gasteiger partial charge in [0.2, 0.25) is 11.8 Å². The van der Waals surface area contributed by atoms with Crippen LogP contribution in [0.3, 0.4) is 0 Å². The van der Waals surface area contributed by atoms with E-state index in [1.165, 1.54) is 6.07 Å². The predicted molar refractivity (Wildman–Crippen MR) is 144 cm³/mol.